The molecule has 0 aliphatic heterocycles. The first-order chi connectivity index (χ1) is 9.79. The third-order valence-electron chi connectivity index (χ3n) is 4.38. The van der Waals surface area contributed by atoms with Crippen LogP contribution >= 0.6 is 0 Å². The summed E-state index contributed by atoms with van der Waals surface area (Å²) in [6.45, 7) is 2.25. The Bertz CT molecular complexity index is 397. The number of pyridine rings is 1. The minimum Gasteiger partial charge on any atom is -0.326 e. The molecule has 1 aromatic heterocycles. The van der Waals surface area contributed by atoms with E-state index in [0.29, 0.717) is 0 Å². The predicted octanol–water partition coefficient (Wildman–Crippen LogP) is 4.41. The zero-order valence-corrected chi connectivity index (χ0v) is 12.5. The minimum atomic E-state index is 0.184. The van der Waals surface area contributed by atoms with Crippen LogP contribution in [-0.4, -0.2) is 10.9 Å². The van der Waals surface area contributed by atoms with Gasteiger partial charge in [0.1, 0.15) is 0 Å². The van der Waals surface area contributed by atoms with Crippen LogP contribution in [0, 0.1) is 11.8 Å². The molecule has 0 bridgehead atoms. The lowest BCUT2D eigenvalue weighted by molar-refractivity contribution is -0.121. The summed E-state index contributed by atoms with van der Waals surface area (Å²) in [5.74, 6) is 1.24. The smallest absolute Gasteiger partial charge is 0.227 e. The second-order valence-electron chi connectivity index (χ2n) is 5.94. The molecule has 1 aliphatic rings. The number of amides is 1. The van der Waals surface area contributed by atoms with Gasteiger partial charge >= 0.3 is 0 Å². The van der Waals surface area contributed by atoms with Crippen molar-refractivity contribution in [1.29, 1.82) is 0 Å². The van der Waals surface area contributed by atoms with Crippen LogP contribution in [0.4, 0.5) is 5.69 Å². The van der Waals surface area contributed by atoms with E-state index in [0.717, 1.165) is 24.4 Å². The zero-order chi connectivity index (χ0) is 14.2. The molecule has 0 saturated heterocycles. The van der Waals surface area contributed by atoms with E-state index in [1.54, 1.807) is 12.4 Å². The van der Waals surface area contributed by atoms with E-state index in [4.69, 9.17) is 0 Å². The largest absolute Gasteiger partial charge is 0.326 e. The third kappa shape index (κ3) is 4.62. The third-order valence-corrected chi connectivity index (χ3v) is 4.38. The summed E-state index contributed by atoms with van der Waals surface area (Å²) >= 11 is 0. The van der Waals surface area contributed by atoms with E-state index >= 15 is 0 Å². The molecule has 2 rings (SSSR count). The molecule has 110 valence electrons. The van der Waals surface area contributed by atoms with Crippen LogP contribution in [0.25, 0.3) is 0 Å². The van der Waals surface area contributed by atoms with Gasteiger partial charge in [-0.15, -0.1) is 0 Å². The number of aromatic nitrogens is 1. The Kier molecular flexibility index (Phi) is 6.03. The first-order valence-electron chi connectivity index (χ1n) is 8.00. The van der Waals surface area contributed by atoms with Crippen LogP contribution in [0.2, 0.25) is 0 Å². The molecular formula is C17H26N2O. The second kappa shape index (κ2) is 8.03. The minimum absolute atomic E-state index is 0.184. The van der Waals surface area contributed by atoms with Crippen molar-refractivity contribution < 1.29 is 4.79 Å². The summed E-state index contributed by atoms with van der Waals surface area (Å²) in [4.78, 5) is 16.2. The molecule has 1 fully saturated rings. The van der Waals surface area contributed by atoms with Crippen LogP contribution < -0.4 is 5.32 Å². The van der Waals surface area contributed by atoms with E-state index < -0.39 is 0 Å². The molecule has 0 aromatic carbocycles. The van der Waals surface area contributed by atoms with Crippen LogP contribution in [0.3, 0.4) is 0 Å². The molecule has 0 atom stereocenters. The van der Waals surface area contributed by atoms with E-state index in [2.05, 4.69) is 17.2 Å². The standard InChI is InChI=1S/C17H26N2O/c1-2-3-4-5-14-6-8-15(9-7-14)17(20)19-16-10-12-18-13-11-16/h10-15H,2-9H2,1H3,(H,18,19,20). The highest BCUT2D eigenvalue weighted by molar-refractivity contribution is 5.92. The average molecular weight is 274 g/mol. The lowest BCUT2D eigenvalue weighted by Crippen LogP contribution is -2.27. The Labute approximate surface area is 122 Å². The Hall–Kier alpha value is -1.38. The first-order valence-corrected chi connectivity index (χ1v) is 8.00. The number of unbranched alkanes of at least 4 members (excludes halogenated alkanes) is 2. The lowest BCUT2D eigenvalue weighted by Gasteiger charge is -2.27. The Morgan fingerprint density at radius 1 is 1.20 bits per heavy atom. The van der Waals surface area contributed by atoms with Crippen molar-refractivity contribution in [3.8, 4) is 0 Å². The maximum Gasteiger partial charge on any atom is 0.227 e. The van der Waals surface area contributed by atoms with Crippen molar-refractivity contribution in [2.75, 3.05) is 5.32 Å². The quantitative estimate of drug-likeness (QED) is 0.781. The van der Waals surface area contributed by atoms with Gasteiger partial charge < -0.3 is 5.32 Å². The first kappa shape index (κ1) is 15.0. The number of carbonyl (C=O) groups is 1. The number of carbonyl (C=O) groups excluding carboxylic acids is 1. The van der Waals surface area contributed by atoms with Gasteiger partial charge in [-0.1, -0.05) is 32.6 Å². The number of hydrogen-bond acceptors (Lipinski definition) is 2. The number of rotatable bonds is 6. The molecule has 1 saturated carbocycles. The molecular weight excluding hydrogens is 248 g/mol. The van der Waals surface area contributed by atoms with E-state index in [1.165, 1.54) is 38.5 Å². The summed E-state index contributed by atoms with van der Waals surface area (Å²) in [6.07, 6.45) is 13.3. The fourth-order valence-corrected chi connectivity index (χ4v) is 3.08. The molecule has 0 radical (unpaired) electrons. The van der Waals surface area contributed by atoms with Crippen molar-refractivity contribution in [2.45, 2.75) is 58.3 Å². The molecule has 0 unspecified atom stereocenters. The van der Waals surface area contributed by atoms with Crippen molar-refractivity contribution in [1.82, 2.24) is 4.98 Å². The second-order valence-corrected chi connectivity index (χ2v) is 5.94. The van der Waals surface area contributed by atoms with Crippen LogP contribution in [0.1, 0.15) is 58.3 Å². The molecule has 3 heteroatoms. The fraction of sp³-hybridized carbons (Fsp3) is 0.647. The highest BCUT2D eigenvalue weighted by Crippen LogP contribution is 2.32. The highest BCUT2D eigenvalue weighted by atomic mass is 16.1. The number of nitrogens with zero attached hydrogens (tertiary/aromatic N) is 1. The average Bonchev–Trinajstić information content (AvgIpc) is 2.49. The van der Waals surface area contributed by atoms with Gasteiger partial charge in [-0.2, -0.15) is 0 Å². The monoisotopic (exact) mass is 274 g/mol. The summed E-state index contributed by atoms with van der Waals surface area (Å²) in [5, 5.41) is 3.00. The molecule has 20 heavy (non-hydrogen) atoms. The van der Waals surface area contributed by atoms with Gasteiger partial charge in [0, 0.05) is 24.0 Å². The van der Waals surface area contributed by atoms with Crippen molar-refractivity contribution in [3.63, 3.8) is 0 Å². The van der Waals surface area contributed by atoms with E-state index in [9.17, 15) is 4.79 Å². The predicted molar refractivity (Wildman–Crippen MR) is 82.5 cm³/mol. The van der Waals surface area contributed by atoms with Crippen LogP contribution in [0.5, 0.6) is 0 Å². The van der Waals surface area contributed by atoms with Crippen molar-refractivity contribution >= 4 is 11.6 Å². The van der Waals surface area contributed by atoms with E-state index in [1.807, 2.05) is 12.1 Å². The number of hydrogen-bond donors (Lipinski definition) is 1. The van der Waals surface area contributed by atoms with Crippen molar-refractivity contribution in [3.05, 3.63) is 24.5 Å². The normalized spacial score (nSPS) is 22.4. The van der Waals surface area contributed by atoms with Gasteiger partial charge in [0.25, 0.3) is 0 Å². The maximum atomic E-state index is 12.2. The van der Waals surface area contributed by atoms with Gasteiger partial charge in [0.05, 0.1) is 0 Å². The molecule has 1 N–H and O–H groups in total. The Morgan fingerprint density at radius 3 is 2.55 bits per heavy atom. The van der Waals surface area contributed by atoms with Crippen LogP contribution in [0.15, 0.2) is 24.5 Å². The topological polar surface area (TPSA) is 42.0 Å². The van der Waals surface area contributed by atoms with Gasteiger partial charge in [-0.25, -0.2) is 0 Å². The molecule has 1 aliphatic carbocycles. The van der Waals surface area contributed by atoms with Crippen LogP contribution in [-0.2, 0) is 4.79 Å². The zero-order valence-electron chi connectivity index (χ0n) is 12.5. The summed E-state index contributed by atoms with van der Waals surface area (Å²) in [7, 11) is 0. The Balaban J connectivity index is 1.72. The summed E-state index contributed by atoms with van der Waals surface area (Å²) in [5.41, 5.74) is 0.857. The van der Waals surface area contributed by atoms with Crippen molar-refractivity contribution in [2.24, 2.45) is 11.8 Å². The molecule has 3 nitrogen and oxygen atoms in total. The number of nitrogens with one attached hydrogen (secondary N) is 1. The lowest BCUT2D eigenvalue weighted by atomic mass is 9.79. The summed E-state index contributed by atoms with van der Waals surface area (Å²) in [6, 6.07) is 3.68. The maximum absolute atomic E-state index is 12.2. The molecule has 1 amide bonds. The van der Waals surface area contributed by atoms with Gasteiger partial charge in [0.2, 0.25) is 5.91 Å². The van der Waals surface area contributed by atoms with E-state index in [-0.39, 0.29) is 11.8 Å². The molecule has 0 spiro atoms. The molecule has 1 aromatic rings. The SMILES string of the molecule is CCCCCC1CCC(C(=O)Nc2ccncc2)CC1. The highest BCUT2D eigenvalue weighted by Gasteiger charge is 2.25. The van der Waals surface area contributed by atoms with Gasteiger partial charge in [-0.05, 0) is 43.7 Å². The fourth-order valence-electron chi connectivity index (χ4n) is 3.08. The Morgan fingerprint density at radius 2 is 1.90 bits per heavy atom. The van der Waals surface area contributed by atoms with Gasteiger partial charge in [-0.3, -0.25) is 9.78 Å². The van der Waals surface area contributed by atoms with Gasteiger partial charge in [0.15, 0.2) is 0 Å². The number of anilines is 1. The summed E-state index contributed by atoms with van der Waals surface area (Å²) < 4.78 is 0. The molecule has 1 heterocycles.